The molecule has 1 aromatic carbocycles. The molecule has 0 spiro atoms. The van der Waals surface area contributed by atoms with E-state index in [1.807, 2.05) is 24.3 Å². The van der Waals surface area contributed by atoms with Crippen LogP contribution in [0.2, 0.25) is 0 Å². The zero-order chi connectivity index (χ0) is 14.4. The van der Waals surface area contributed by atoms with Crippen LogP contribution in [0, 0.1) is 0 Å². The number of benzene rings is 1. The number of alkyl halides is 1. The van der Waals surface area contributed by atoms with Gasteiger partial charge in [0.25, 0.3) is 0 Å². The normalized spacial score (nSPS) is 18.9. The number of aliphatic hydroxyl groups excluding tert-OH is 1. The van der Waals surface area contributed by atoms with Crippen LogP contribution in [0.15, 0.2) is 24.3 Å². The van der Waals surface area contributed by atoms with Crippen molar-refractivity contribution in [1.29, 1.82) is 0 Å². The Morgan fingerprint density at radius 1 is 1.25 bits per heavy atom. The van der Waals surface area contributed by atoms with Gasteiger partial charge in [-0.2, -0.15) is 0 Å². The van der Waals surface area contributed by atoms with Crippen molar-refractivity contribution < 1.29 is 9.84 Å². The number of β-amino-alcohol motifs (C(OH)–C–C–N with tert-alkyl or cyclic N) is 1. The van der Waals surface area contributed by atoms with Crippen molar-refractivity contribution in [3.05, 3.63) is 29.8 Å². The lowest BCUT2D eigenvalue weighted by atomic mass is 10.1. The molecule has 1 N–H and O–H groups in total. The van der Waals surface area contributed by atoms with E-state index in [2.05, 4.69) is 9.80 Å². The van der Waals surface area contributed by atoms with Gasteiger partial charge in [0, 0.05) is 39.3 Å². The number of aliphatic hydroxyl groups is 1. The molecule has 1 heterocycles. The fourth-order valence-corrected chi connectivity index (χ4v) is 2.84. The molecule has 1 atom stereocenters. The zero-order valence-electron chi connectivity index (χ0n) is 12.0. The Balaban J connectivity index is 1.84. The Kier molecular flexibility index (Phi) is 6.10. The number of rotatable bonds is 6. The van der Waals surface area contributed by atoms with Crippen LogP contribution >= 0.6 is 11.6 Å². The molecule has 5 heteroatoms. The Morgan fingerprint density at radius 2 is 1.95 bits per heavy atom. The lowest BCUT2D eigenvalue weighted by Gasteiger charge is -2.35. The molecular formula is C15H23ClN2O2. The molecule has 0 saturated carbocycles. The summed E-state index contributed by atoms with van der Waals surface area (Å²) in [4.78, 5) is 4.66. The van der Waals surface area contributed by atoms with Gasteiger partial charge in [-0.05, 0) is 17.7 Å². The van der Waals surface area contributed by atoms with Crippen LogP contribution in [0.1, 0.15) is 10.9 Å². The summed E-state index contributed by atoms with van der Waals surface area (Å²) in [7, 11) is 1.67. The summed E-state index contributed by atoms with van der Waals surface area (Å²) in [5, 5.41) is 8.92. The Morgan fingerprint density at radius 3 is 2.60 bits per heavy atom. The summed E-state index contributed by atoms with van der Waals surface area (Å²) < 4.78 is 5.23. The third kappa shape index (κ3) is 4.35. The summed E-state index contributed by atoms with van der Waals surface area (Å²) >= 11 is 6.52. The van der Waals surface area contributed by atoms with Crippen molar-refractivity contribution >= 4 is 11.6 Å². The fourth-order valence-electron chi connectivity index (χ4n) is 2.51. The van der Waals surface area contributed by atoms with Crippen LogP contribution < -0.4 is 4.74 Å². The van der Waals surface area contributed by atoms with Crippen molar-refractivity contribution in [1.82, 2.24) is 9.80 Å². The van der Waals surface area contributed by atoms with Crippen LogP contribution in [-0.4, -0.2) is 67.9 Å². The Bertz CT molecular complexity index is 409. The summed E-state index contributed by atoms with van der Waals surface area (Å²) in [6.45, 7) is 5.88. The van der Waals surface area contributed by atoms with E-state index in [9.17, 15) is 0 Å². The molecule has 20 heavy (non-hydrogen) atoms. The largest absolute Gasteiger partial charge is 0.497 e. The molecule has 1 saturated heterocycles. The van der Waals surface area contributed by atoms with Gasteiger partial charge in [0.15, 0.2) is 0 Å². The van der Waals surface area contributed by atoms with E-state index in [1.165, 1.54) is 0 Å². The molecule has 0 bridgehead atoms. The molecule has 1 aliphatic heterocycles. The third-order valence-corrected chi connectivity index (χ3v) is 4.15. The number of ether oxygens (including phenoxy) is 1. The van der Waals surface area contributed by atoms with E-state index in [-0.39, 0.29) is 12.0 Å². The maximum Gasteiger partial charge on any atom is 0.119 e. The molecule has 0 radical (unpaired) electrons. The highest BCUT2D eigenvalue weighted by atomic mass is 35.5. The molecule has 112 valence electrons. The van der Waals surface area contributed by atoms with Gasteiger partial charge in [-0.25, -0.2) is 0 Å². The van der Waals surface area contributed by atoms with Gasteiger partial charge in [-0.1, -0.05) is 12.1 Å². The van der Waals surface area contributed by atoms with Crippen LogP contribution in [0.4, 0.5) is 0 Å². The van der Waals surface area contributed by atoms with Crippen molar-refractivity contribution in [3.63, 3.8) is 0 Å². The van der Waals surface area contributed by atoms with Gasteiger partial charge < -0.3 is 9.84 Å². The third-order valence-electron chi connectivity index (χ3n) is 3.76. The zero-order valence-corrected chi connectivity index (χ0v) is 12.7. The molecule has 1 fully saturated rings. The minimum Gasteiger partial charge on any atom is -0.497 e. The van der Waals surface area contributed by atoms with Gasteiger partial charge in [-0.15, -0.1) is 11.6 Å². The Labute approximate surface area is 125 Å². The van der Waals surface area contributed by atoms with Crippen molar-refractivity contribution in [3.8, 4) is 5.75 Å². The predicted molar refractivity (Wildman–Crippen MR) is 81.6 cm³/mol. The van der Waals surface area contributed by atoms with E-state index in [1.54, 1.807) is 7.11 Å². The van der Waals surface area contributed by atoms with Gasteiger partial charge in [0.1, 0.15) is 5.75 Å². The number of halogens is 1. The second-order valence-corrected chi connectivity index (χ2v) is 5.64. The number of nitrogens with zero attached hydrogens (tertiary/aromatic N) is 2. The average molecular weight is 299 g/mol. The average Bonchev–Trinajstić information content (AvgIpc) is 2.49. The van der Waals surface area contributed by atoms with Crippen molar-refractivity contribution in [2.75, 3.05) is 53.0 Å². The maximum atomic E-state index is 8.94. The SMILES string of the molecule is COc1cccc(C(Cl)CN2CCN(CCO)CC2)c1. The lowest BCUT2D eigenvalue weighted by molar-refractivity contribution is 0.112. The standard InChI is InChI=1S/C15H23ClN2O2/c1-20-14-4-2-3-13(11-14)15(16)12-18-7-5-17(6-8-18)9-10-19/h2-4,11,15,19H,5-10,12H2,1H3. The van der Waals surface area contributed by atoms with E-state index in [0.717, 1.165) is 50.6 Å². The first-order valence-corrected chi connectivity index (χ1v) is 7.50. The summed E-state index contributed by atoms with van der Waals surface area (Å²) in [5.74, 6) is 0.848. The lowest BCUT2D eigenvalue weighted by Crippen LogP contribution is -2.47. The molecule has 0 amide bonds. The quantitative estimate of drug-likeness (QED) is 0.809. The minimum atomic E-state index is -0.0190. The summed E-state index contributed by atoms with van der Waals surface area (Å²) in [6, 6.07) is 7.95. The maximum absolute atomic E-state index is 8.94. The molecule has 0 aromatic heterocycles. The van der Waals surface area contributed by atoms with E-state index in [0.29, 0.717) is 0 Å². The van der Waals surface area contributed by atoms with Gasteiger partial charge in [0.2, 0.25) is 0 Å². The summed E-state index contributed by atoms with van der Waals surface area (Å²) in [6.07, 6.45) is 0. The number of hydrogen-bond acceptors (Lipinski definition) is 4. The van der Waals surface area contributed by atoms with E-state index in [4.69, 9.17) is 21.4 Å². The van der Waals surface area contributed by atoms with Crippen LogP contribution in [0.5, 0.6) is 5.75 Å². The second kappa shape index (κ2) is 7.84. The molecular weight excluding hydrogens is 276 g/mol. The minimum absolute atomic E-state index is 0.0190. The highest BCUT2D eigenvalue weighted by Gasteiger charge is 2.19. The molecule has 1 aliphatic rings. The van der Waals surface area contributed by atoms with Crippen LogP contribution in [-0.2, 0) is 0 Å². The highest BCUT2D eigenvalue weighted by molar-refractivity contribution is 6.21. The molecule has 1 unspecified atom stereocenters. The van der Waals surface area contributed by atoms with Crippen molar-refractivity contribution in [2.45, 2.75) is 5.38 Å². The van der Waals surface area contributed by atoms with Crippen LogP contribution in [0.25, 0.3) is 0 Å². The number of piperazine rings is 1. The smallest absolute Gasteiger partial charge is 0.119 e. The van der Waals surface area contributed by atoms with Gasteiger partial charge >= 0.3 is 0 Å². The van der Waals surface area contributed by atoms with Crippen LogP contribution in [0.3, 0.4) is 0 Å². The van der Waals surface area contributed by atoms with Gasteiger partial charge in [-0.3, -0.25) is 9.80 Å². The number of methoxy groups -OCH3 is 1. The second-order valence-electron chi connectivity index (χ2n) is 5.11. The van der Waals surface area contributed by atoms with E-state index >= 15 is 0 Å². The monoisotopic (exact) mass is 298 g/mol. The van der Waals surface area contributed by atoms with Gasteiger partial charge in [0.05, 0.1) is 19.1 Å². The predicted octanol–water partition coefficient (Wildman–Crippen LogP) is 1.58. The summed E-state index contributed by atoms with van der Waals surface area (Å²) in [5.41, 5.74) is 1.10. The first-order valence-electron chi connectivity index (χ1n) is 7.06. The molecule has 4 nitrogen and oxygen atoms in total. The highest BCUT2D eigenvalue weighted by Crippen LogP contribution is 2.25. The van der Waals surface area contributed by atoms with Crippen molar-refractivity contribution in [2.24, 2.45) is 0 Å². The first kappa shape index (κ1) is 15.6. The molecule has 1 aromatic rings. The topological polar surface area (TPSA) is 35.9 Å². The molecule has 0 aliphatic carbocycles. The number of hydrogen-bond donors (Lipinski definition) is 1. The Hall–Kier alpha value is -0.810. The first-order chi connectivity index (χ1) is 9.72. The van der Waals surface area contributed by atoms with E-state index < -0.39 is 0 Å². The molecule has 2 rings (SSSR count). The fraction of sp³-hybridized carbons (Fsp3) is 0.600.